The van der Waals surface area contributed by atoms with Crippen molar-refractivity contribution >= 4 is 57.3 Å². The summed E-state index contributed by atoms with van der Waals surface area (Å²) in [7, 11) is 0. The molecular formula is C16H8Cl2O5S. The molecule has 5 nitrogen and oxygen atoms in total. The van der Waals surface area contributed by atoms with Crippen molar-refractivity contribution in [2.75, 3.05) is 6.61 Å². The highest BCUT2D eigenvalue weighted by Crippen LogP contribution is 2.22. The van der Waals surface area contributed by atoms with Gasteiger partial charge in [-0.2, -0.15) is 0 Å². The number of benzene rings is 1. The average Bonchev–Trinajstić information content (AvgIpc) is 2.99. The molecule has 0 aliphatic rings. The number of halogens is 2. The number of Topliss-reactive ketones (excluding diaryl/α,β-unsaturated/α-hetero) is 1. The lowest BCUT2D eigenvalue weighted by Crippen LogP contribution is -2.15. The predicted octanol–water partition coefficient (Wildman–Crippen LogP) is 4.20. The first-order valence-corrected chi connectivity index (χ1v) is 8.20. The first-order chi connectivity index (χ1) is 11.4. The molecule has 0 aliphatic heterocycles. The minimum absolute atomic E-state index is 0.204. The third kappa shape index (κ3) is 3.51. The first kappa shape index (κ1) is 16.7. The van der Waals surface area contributed by atoms with Crippen LogP contribution in [0.4, 0.5) is 0 Å². The minimum atomic E-state index is -0.903. The van der Waals surface area contributed by atoms with Gasteiger partial charge in [0, 0.05) is 11.1 Å². The smallest absolute Gasteiger partial charge is 0.374 e. The molecule has 0 saturated carbocycles. The number of ketones is 1. The highest BCUT2D eigenvalue weighted by Gasteiger charge is 2.17. The molecule has 3 rings (SSSR count). The summed E-state index contributed by atoms with van der Waals surface area (Å²) < 4.78 is 10.7. The van der Waals surface area contributed by atoms with Crippen molar-refractivity contribution in [3.05, 3.63) is 66.6 Å². The number of carbonyl (C=O) groups excluding carboxylic acids is 2. The maximum atomic E-state index is 12.0. The fourth-order valence-electron chi connectivity index (χ4n) is 1.97. The Balaban J connectivity index is 1.78. The summed E-state index contributed by atoms with van der Waals surface area (Å²) >= 11 is 12.7. The summed E-state index contributed by atoms with van der Waals surface area (Å²) in [5.74, 6) is -1.58. The minimum Gasteiger partial charge on any atom is -0.451 e. The van der Waals surface area contributed by atoms with Crippen LogP contribution in [0.5, 0.6) is 0 Å². The van der Waals surface area contributed by atoms with Crippen molar-refractivity contribution in [2.24, 2.45) is 0 Å². The first-order valence-electron chi connectivity index (χ1n) is 6.63. The van der Waals surface area contributed by atoms with Gasteiger partial charge in [0.05, 0.1) is 14.6 Å². The van der Waals surface area contributed by atoms with E-state index in [9.17, 15) is 14.4 Å². The molecule has 122 valence electrons. The van der Waals surface area contributed by atoms with Crippen LogP contribution >= 0.6 is 34.5 Å². The molecule has 3 aromatic rings. The monoisotopic (exact) mass is 382 g/mol. The highest BCUT2D eigenvalue weighted by molar-refractivity contribution is 7.18. The van der Waals surface area contributed by atoms with Crippen LogP contribution in [0.25, 0.3) is 11.0 Å². The molecule has 0 fully saturated rings. The van der Waals surface area contributed by atoms with Gasteiger partial charge in [-0.1, -0.05) is 23.2 Å². The number of carbonyl (C=O) groups is 2. The molecule has 0 spiro atoms. The van der Waals surface area contributed by atoms with Crippen LogP contribution in [0.2, 0.25) is 9.36 Å². The van der Waals surface area contributed by atoms with Crippen LogP contribution in [-0.4, -0.2) is 18.4 Å². The van der Waals surface area contributed by atoms with Crippen molar-refractivity contribution in [3.63, 3.8) is 0 Å². The molecule has 0 amide bonds. The molecule has 0 atom stereocenters. The Hall–Kier alpha value is -2.15. The molecule has 8 heteroatoms. The summed E-state index contributed by atoms with van der Waals surface area (Å²) in [6, 6.07) is 8.59. The van der Waals surface area contributed by atoms with Crippen molar-refractivity contribution in [3.8, 4) is 0 Å². The molecule has 2 aromatic heterocycles. The lowest BCUT2D eigenvalue weighted by molar-refractivity contribution is 0.0445. The molecule has 0 aliphatic carbocycles. The fourth-order valence-corrected chi connectivity index (χ4v) is 3.11. The van der Waals surface area contributed by atoms with E-state index in [4.69, 9.17) is 32.4 Å². The van der Waals surface area contributed by atoms with Crippen molar-refractivity contribution in [1.29, 1.82) is 0 Å². The molecular weight excluding hydrogens is 375 g/mol. The number of esters is 1. The van der Waals surface area contributed by atoms with Gasteiger partial charge in [0.1, 0.15) is 5.58 Å². The van der Waals surface area contributed by atoms with E-state index in [0.717, 1.165) is 17.4 Å². The van der Waals surface area contributed by atoms with Crippen molar-refractivity contribution in [2.45, 2.75) is 0 Å². The van der Waals surface area contributed by atoms with Gasteiger partial charge in [-0.15, -0.1) is 11.3 Å². The number of fused-ring (bicyclic) bond motifs is 1. The van der Waals surface area contributed by atoms with E-state index in [1.54, 1.807) is 12.1 Å². The largest absolute Gasteiger partial charge is 0.451 e. The Bertz CT molecular complexity index is 1010. The van der Waals surface area contributed by atoms with Crippen LogP contribution in [0.3, 0.4) is 0 Å². The lowest BCUT2D eigenvalue weighted by Gasteiger charge is -2.04. The summed E-state index contributed by atoms with van der Waals surface area (Å²) in [5.41, 5.74) is -0.225. The van der Waals surface area contributed by atoms with E-state index >= 15 is 0 Å². The third-order valence-corrected chi connectivity index (χ3v) is 4.58. The van der Waals surface area contributed by atoms with E-state index in [-0.39, 0.29) is 16.7 Å². The van der Waals surface area contributed by atoms with Gasteiger partial charge in [-0.3, -0.25) is 9.59 Å². The normalized spacial score (nSPS) is 10.8. The molecule has 1 aromatic carbocycles. The molecule has 0 saturated heterocycles. The second kappa shape index (κ2) is 6.76. The fraction of sp³-hybridized carbons (Fsp3) is 0.0625. The maximum Gasteiger partial charge on any atom is 0.374 e. The zero-order valence-electron chi connectivity index (χ0n) is 11.9. The van der Waals surface area contributed by atoms with Crippen molar-refractivity contribution < 1.29 is 18.7 Å². The second-order valence-electron chi connectivity index (χ2n) is 4.72. The van der Waals surface area contributed by atoms with E-state index < -0.39 is 23.8 Å². The van der Waals surface area contributed by atoms with Crippen LogP contribution in [-0.2, 0) is 4.74 Å². The molecule has 0 bridgehead atoms. The summed E-state index contributed by atoms with van der Waals surface area (Å²) in [4.78, 5) is 36.3. The van der Waals surface area contributed by atoms with Crippen molar-refractivity contribution in [1.82, 2.24) is 0 Å². The van der Waals surface area contributed by atoms with E-state index in [2.05, 4.69) is 0 Å². The topological polar surface area (TPSA) is 73.6 Å². The number of thiophene rings is 1. The maximum absolute atomic E-state index is 12.0. The van der Waals surface area contributed by atoms with Crippen LogP contribution < -0.4 is 5.43 Å². The highest BCUT2D eigenvalue weighted by atomic mass is 35.5. The number of hydrogen-bond donors (Lipinski definition) is 0. The van der Waals surface area contributed by atoms with Gasteiger partial charge in [0.2, 0.25) is 11.5 Å². The number of ether oxygens (including phenoxy) is 1. The lowest BCUT2D eigenvalue weighted by atomic mass is 10.2. The van der Waals surface area contributed by atoms with Crippen LogP contribution in [0.15, 0.2) is 45.6 Å². The molecule has 24 heavy (non-hydrogen) atoms. The Labute approximate surface area is 149 Å². The number of rotatable bonds is 4. The van der Waals surface area contributed by atoms with Crippen LogP contribution in [0, 0.1) is 0 Å². The quantitative estimate of drug-likeness (QED) is 0.499. The average molecular weight is 383 g/mol. The summed E-state index contributed by atoms with van der Waals surface area (Å²) in [5, 5.41) is 0.633. The van der Waals surface area contributed by atoms with Crippen LogP contribution in [0.1, 0.15) is 20.2 Å². The van der Waals surface area contributed by atoms with E-state index in [1.807, 2.05) is 0 Å². The standard InChI is InChI=1S/C16H8Cl2O5S/c17-8-1-2-12-9(5-8)10(19)6-13(23-12)16(21)22-7-11(20)14-3-4-15(18)24-14/h1-6H,7H2. The van der Waals surface area contributed by atoms with E-state index in [1.165, 1.54) is 18.2 Å². The Morgan fingerprint density at radius 2 is 1.92 bits per heavy atom. The van der Waals surface area contributed by atoms with Gasteiger partial charge in [0.25, 0.3) is 0 Å². The van der Waals surface area contributed by atoms with Gasteiger partial charge in [-0.25, -0.2) is 4.79 Å². The van der Waals surface area contributed by atoms with Gasteiger partial charge in [0.15, 0.2) is 12.0 Å². The van der Waals surface area contributed by atoms with Gasteiger partial charge < -0.3 is 9.15 Å². The Morgan fingerprint density at radius 1 is 1.12 bits per heavy atom. The zero-order chi connectivity index (χ0) is 17.3. The third-order valence-electron chi connectivity index (χ3n) is 3.07. The summed E-state index contributed by atoms with van der Waals surface area (Å²) in [6.07, 6.45) is 0. The molecule has 2 heterocycles. The number of hydrogen-bond acceptors (Lipinski definition) is 6. The SMILES string of the molecule is O=C(OCC(=O)c1ccc(Cl)s1)c1cc(=O)c2cc(Cl)ccc2o1. The Kier molecular flexibility index (Phi) is 4.71. The second-order valence-corrected chi connectivity index (χ2v) is 6.87. The molecule has 0 radical (unpaired) electrons. The molecule has 0 unspecified atom stereocenters. The Morgan fingerprint density at radius 3 is 2.62 bits per heavy atom. The zero-order valence-corrected chi connectivity index (χ0v) is 14.2. The molecule has 0 N–H and O–H groups in total. The predicted molar refractivity (Wildman–Crippen MR) is 91.4 cm³/mol. The summed E-state index contributed by atoms with van der Waals surface area (Å²) in [6.45, 7) is -0.474. The van der Waals surface area contributed by atoms with Gasteiger partial charge >= 0.3 is 5.97 Å². The van der Waals surface area contributed by atoms with E-state index in [0.29, 0.717) is 14.2 Å². The van der Waals surface area contributed by atoms with Gasteiger partial charge in [-0.05, 0) is 30.3 Å².